The second-order valence-electron chi connectivity index (χ2n) is 3.15. The van der Waals surface area contributed by atoms with Gasteiger partial charge in [0.25, 0.3) is 0 Å². The van der Waals surface area contributed by atoms with Crippen molar-refractivity contribution in [1.82, 2.24) is 10.2 Å². The Morgan fingerprint density at radius 2 is 1.35 bits per heavy atom. The number of benzene rings is 1. The van der Waals surface area contributed by atoms with E-state index in [2.05, 4.69) is 10.2 Å². The van der Waals surface area contributed by atoms with Crippen LogP contribution in [0.15, 0.2) is 6.07 Å². The number of hydrogen-bond donors (Lipinski definition) is 2. The summed E-state index contributed by atoms with van der Waals surface area (Å²) < 4.78 is 65.1. The topological polar surface area (TPSA) is 54.7 Å². The number of nitrogens with two attached hydrogens (primary N) is 1. The van der Waals surface area contributed by atoms with Gasteiger partial charge in [0.15, 0.2) is 23.3 Å². The fourth-order valence-electron chi connectivity index (χ4n) is 1.31. The van der Waals surface area contributed by atoms with Crippen molar-refractivity contribution >= 4 is 5.82 Å². The highest BCUT2D eigenvalue weighted by Gasteiger charge is 2.27. The Morgan fingerprint density at radius 1 is 0.882 bits per heavy atom. The summed E-state index contributed by atoms with van der Waals surface area (Å²) in [5, 5.41) is 5.40. The van der Waals surface area contributed by atoms with Crippen LogP contribution in [0, 0.1) is 29.1 Å². The van der Waals surface area contributed by atoms with E-state index in [1.165, 1.54) is 0 Å². The molecule has 0 saturated carbocycles. The second-order valence-corrected chi connectivity index (χ2v) is 3.15. The fraction of sp³-hybridized carbons (Fsp3) is 0. The molecule has 90 valence electrons. The molecular formula is C9H4F5N3. The summed E-state index contributed by atoms with van der Waals surface area (Å²) in [7, 11) is 0. The number of aromatic nitrogens is 2. The molecule has 1 aromatic heterocycles. The Kier molecular flexibility index (Phi) is 2.49. The van der Waals surface area contributed by atoms with Gasteiger partial charge in [-0.15, -0.1) is 0 Å². The molecule has 0 saturated heterocycles. The van der Waals surface area contributed by atoms with Gasteiger partial charge in [0.05, 0.1) is 11.3 Å². The van der Waals surface area contributed by atoms with Crippen LogP contribution in [0.5, 0.6) is 0 Å². The Labute approximate surface area is 91.1 Å². The number of nitrogen functional groups attached to an aromatic ring is 1. The molecule has 0 aliphatic rings. The van der Waals surface area contributed by atoms with Crippen LogP contribution in [0.3, 0.4) is 0 Å². The van der Waals surface area contributed by atoms with E-state index in [1.54, 1.807) is 0 Å². The van der Waals surface area contributed by atoms with Crippen LogP contribution in [-0.2, 0) is 0 Å². The molecule has 0 fully saturated rings. The first kappa shape index (κ1) is 11.4. The Morgan fingerprint density at radius 3 is 1.76 bits per heavy atom. The molecule has 8 heteroatoms. The van der Waals surface area contributed by atoms with Gasteiger partial charge >= 0.3 is 0 Å². The van der Waals surface area contributed by atoms with Crippen LogP contribution in [0.2, 0.25) is 0 Å². The van der Waals surface area contributed by atoms with Gasteiger partial charge in [-0.3, -0.25) is 5.10 Å². The van der Waals surface area contributed by atoms with Gasteiger partial charge in [-0.25, -0.2) is 22.0 Å². The zero-order valence-corrected chi connectivity index (χ0v) is 7.99. The van der Waals surface area contributed by atoms with Crippen LogP contribution >= 0.6 is 0 Å². The maximum Gasteiger partial charge on any atom is 0.200 e. The summed E-state index contributed by atoms with van der Waals surface area (Å²) in [6.45, 7) is 0. The predicted octanol–water partition coefficient (Wildman–Crippen LogP) is 2.35. The Balaban J connectivity index is 2.78. The molecule has 0 aliphatic heterocycles. The molecule has 3 N–H and O–H groups in total. The molecule has 17 heavy (non-hydrogen) atoms. The van der Waals surface area contributed by atoms with E-state index in [0.717, 1.165) is 6.07 Å². The summed E-state index contributed by atoms with van der Waals surface area (Å²) in [4.78, 5) is 0. The highest BCUT2D eigenvalue weighted by molar-refractivity contribution is 5.63. The molecule has 0 bridgehead atoms. The SMILES string of the molecule is Nc1cc(-c2c(F)c(F)c(F)c(F)c2F)[nH]n1. The lowest BCUT2D eigenvalue weighted by Gasteiger charge is -2.05. The van der Waals surface area contributed by atoms with E-state index in [0.29, 0.717) is 0 Å². The van der Waals surface area contributed by atoms with E-state index in [4.69, 9.17) is 5.73 Å². The first-order chi connectivity index (χ1) is 7.93. The first-order valence-electron chi connectivity index (χ1n) is 4.26. The van der Waals surface area contributed by atoms with Gasteiger partial charge in [0.2, 0.25) is 5.82 Å². The third-order valence-electron chi connectivity index (χ3n) is 2.08. The quantitative estimate of drug-likeness (QED) is 0.463. The molecule has 0 radical (unpaired) electrons. The molecule has 0 spiro atoms. The van der Waals surface area contributed by atoms with Gasteiger partial charge in [-0.1, -0.05) is 0 Å². The van der Waals surface area contributed by atoms with Crippen molar-refractivity contribution in [3.8, 4) is 11.3 Å². The third kappa shape index (κ3) is 1.61. The van der Waals surface area contributed by atoms with Gasteiger partial charge in [0.1, 0.15) is 5.82 Å². The molecule has 2 rings (SSSR count). The predicted molar refractivity (Wildman–Crippen MR) is 48.2 cm³/mol. The molecule has 0 atom stereocenters. The molecule has 0 unspecified atom stereocenters. The Bertz CT molecular complexity index is 564. The number of aromatic amines is 1. The highest BCUT2D eigenvalue weighted by atomic mass is 19.2. The zero-order chi connectivity index (χ0) is 12.7. The maximum atomic E-state index is 13.3. The van der Waals surface area contributed by atoms with Gasteiger partial charge in [-0.2, -0.15) is 5.10 Å². The van der Waals surface area contributed by atoms with E-state index < -0.39 is 40.3 Å². The minimum atomic E-state index is -2.21. The van der Waals surface area contributed by atoms with Crippen molar-refractivity contribution in [2.75, 3.05) is 5.73 Å². The summed E-state index contributed by atoms with van der Waals surface area (Å²) in [6, 6.07) is 0.957. The van der Waals surface area contributed by atoms with Gasteiger partial charge in [-0.05, 0) is 0 Å². The molecule has 2 aromatic rings. The van der Waals surface area contributed by atoms with Crippen LogP contribution in [-0.4, -0.2) is 10.2 Å². The molecule has 1 heterocycles. The van der Waals surface area contributed by atoms with Crippen molar-refractivity contribution in [1.29, 1.82) is 0 Å². The summed E-state index contributed by atoms with van der Waals surface area (Å²) in [6.07, 6.45) is 0. The van der Waals surface area contributed by atoms with E-state index in [-0.39, 0.29) is 5.82 Å². The van der Waals surface area contributed by atoms with Crippen molar-refractivity contribution in [2.24, 2.45) is 0 Å². The number of rotatable bonds is 1. The number of halogens is 5. The lowest BCUT2D eigenvalue weighted by Crippen LogP contribution is -2.04. The third-order valence-corrected chi connectivity index (χ3v) is 2.08. The van der Waals surface area contributed by atoms with Crippen molar-refractivity contribution in [3.63, 3.8) is 0 Å². The van der Waals surface area contributed by atoms with Crippen molar-refractivity contribution < 1.29 is 22.0 Å². The fourth-order valence-corrected chi connectivity index (χ4v) is 1.31. The number of nitrogens with zero attached hydrogens (tertiary/aromatic N) is 1. The normalized spacial score (nSPS) is 10.9. The van der Waals surface area contributed by atoms with Crippen LogP contribution in [0.4, 0.5) is 27.8 Å². The average molecular weight is 249 g/mol. The minimum absolute atomic E-state index is 0.135. The van der Waals surface area contributed by atoms with Crippen molar-refractivity contribution in [3.05, 3.63) is 35.2 Å². The monoisotopic (exact) mass is 249 g/mol. The second kappa shape index (κ2) is 3.72. The number of H-pyrrole nitrogens is 1. The maximum absolute atomic E-state index is 13.3. The lowest BCUT2D eigenvalue weighted by atomic mass is 10.1. The zero-order valence-electron chi connectivity index (χ0n) is 7.99. The largest absolute Gasteiger partial charge is 0.382 e. The van der Waals surface area contributed by atoms with E-state index >= 15 is 0 Å². The smallest absolute Gasteiger partial charge is 0.200 e. The molecule has 3 nitrogen and oxygen atoms in total. The molecular weight excluding hydrogens is 245 g/mol. The summed E-state index contributed by atoms with van der Waals surface area (Å²) >= 11 is 0. The average Bonchev–Trinajstić information content (AvgIpc) is 2.71. The number of nitrogens with one attached hydrogen (secondary N) is 1. The highest BCUT2D eigenvalue weighted by Crippen LogP contribution is 2.30. The van der Waals surface area contributed by atoms with Crippen molar-refractivity contribution in [2.45, 2.75) is 0 Å². The molecule has 0 aliphatic carbocycles. The van der Waals surface area contributed by atoms with Crippen LogP contribution in [0.25, 0.3) is 11.3 Å². The van der Waals surface area contributed by atoms with Gasteiger partial charge in [0, 0.05) is 6.07 Å². The summed E-state index contributed by atoms with van der Waals surface area (Å²) in [5.41, 5.74) is 3.69. The lowest BCUT2D eigenvalue weighted by molar-refractivity contribution is 0.381. The standard InChI is InChI=1S/C9H4F5N3/c10-5-4(2-1-3(15)17-16-2)6(11)8(13)9(14)7(5)12/h1H,(H3,15,16,17). The minimum Gasteiger partial charge on any atom is -0.382 e. The number of anilines is 1. The summed E-state index contributed by atoms with van der Waals surface area (Å²) in [5.74, 6) is -10.3. The molecule has 1 aromatic carbocycles. The van der Waals surface area contributed by atoms with Crippen LogP contribution < -0.4 is 5.73 Å². The van der Waals surface area contributed by atoms with Crippen LogP contribution in [0.1, 0.15) is 0 Å². The van der Waals surface area contributed by atoms with E-state index in [1.807, 2.05) is 0 Å². The van der Waals surface area contributed by atoms with Gasteiger partial charge < -0.3 is 5.73 Å². The molecule has 0 amide bonds. The Hall–Kier alpha value is -2.12. The first-order valence-corrected chi connectivity index (χ1v) is 4.26. The van der Waals surface area contributed by atoms with E-state index in [9.17, 15) is 22.0 Å². The number of hydrogen-bond acceptors (Lipinski definition) is 2.